The van der Waals surface area contributed by atoms with E-state index in [1.807, 2.05) is 34.7 Å². The van der Waals surface area contributed by atoms with Crippen LogP contribution in [0.2, 0.25) is 0 Å². The Morgan fingerprint density at radius 1 is 1.18 bits per heavy atom. The van der Waals surface area contributed by atoms with Crippen molar-refractivity contribution in [2.45, 2.75) is 36.3 Å². The maximum Gasteiger partial charge on any atom is 0.254 e. The Morgan fingerprint density at radius 3 is 2.68 bits per heavy atom. The summed E-state index contributed by atoms with van der Waals surface area (Å²) < 4.78 is 0. The number of nitrogens with zero attached hydrogens (tertiary/aromatic N) is 2. The second-order valence-corrected chi connectivity index (χ2v) is 7.21. The molecular weight excluding hydrogens is 312 g/mol. The number of hydrogen-bond acceptors (Lipinski definition) is 4. The third kappa shape index (κ3) is 3.90. The zero-order chi connectivity index (χ0) is 15.2. The van der Waals surface area contributed by atoms with Crippen LogP contribution >= 0.6 is 23.1 Å². The molecule has 5 heteroatoms. The van der Waals surface area contributed by atoms with Gasteiger partial charge in [0.25, 0.3) is 5.91 Å². The molecule has 1 aliphatic heterocycles. The molecule has 0 saturated carbocycles. The first-order chi connectivity index (χ1) is 10.8. The molecule has 1 aromatic heterocycles. The number of aromatic nitrogens is 1. The number of likely N-dealkylation sites (tertiary alicyclic amines) is 1. The van der Waals surface area contributed by atoms with Crippen molar-refractivity contribution in [2.75, 3.05) is 13.1 Å². The van der Waals surface area contributed by atoms with Crippen LogP contribution in [0.25, 0.3) is 0 Å². The molecular formula is C17H20N2OS2. The van der Waals surface area contributed by atoms with Crippen LogP contribution in [0.3, 0.4) is 0 Å². The van der Waals surface area contributed by atoms with Crippen LogP contribution in [0.4, 0.5) is 0 Å². The normalized spacial score (nSPS) is 15.5. The molecule has 22 heavy (non-hydrogen) atoms. The lowest BCUT2D eigenvalue weighted by molar-refractivity contribution is 0.0758. The molecule has 0 bridgehead atoms. The quantitative estimate of drug-likeness (QED) is 0.776. The maximum absolute atomic E-state index is 12.8. The van der Waals surface area contributed by atoms with E-state index in [1.165, 1.54) is 12.8 Å². The summed E-state index contributed by atoms with van der Waals surface area (Å²) in [6.07, 6.45) is 4.73. The van der Waals surface area contributed by atoms with Gasteiger partial charge in [-0.3, -0.25) is 4.79 Å². The van der Waals surface area contributed by atoms with Crippen LogP contribution in [-0.2, 0) is 5.75 Å². The Balaban J connectivity index is 1.73. The first-order valence-corrected chi connectivity index (χ1v) is 9.65. The van der Waals surface area contributed by atoms with Crippen LogP contribution in [-0.4, -0.2) is 28.9 Å². The molecule has 0 aliphatic carbocycles. The van der Waals surface area contributed by atoms with Gasteiger partial charge >= 0.3 is 0 Å². The summed E-state index contributed by atoms with van der Waals surface area (Å²) in [5.41, 5.74) is 3.76. The summed E-state index contributed by atoms with van der Waals surface area (Å²) in [5, 5.41) is 2.06. The Labute approximate surface area is 139 Å². The standard InChI is InChI=1S/C17H20N2OS2/c20-17(19-9-5-1-2-6-10-19)15-7-3-4-8-16(15)22-12-14-11-21-13-18-14/h3-4,7-8,11,13H,1-2,5-6,9-10,12H2. The van der Waals surface area contributed by atoms with Crippen molar-refractivity contribution in [3.8, 4) is 0 Å². The Morgan fingerprint density at radius 2 is 1.95 bits per heavy atom. The Kier molecular flexibility index (Phi) is 5.51. The third-order valence-electron chi connectivity index (χ3n) is 3.87. The zero-order valence-corrected chi connectivity index (χ0v) is 14.2. The third-order valence-corrected chi connectivity index (χ3v) is 5.61. The molecule has 116 valence electrons. The second-order valence-electron chi connectivity index (χ2n) is 5.47. The zero-order valence-electron chi connectivity index (χ0n) is 12.5. The number of thiazole rings is 1. The lowest BCUT2D eigenvalue weighted by Gasteiger charge is -2.21. The fourth-order valence-electron chi connectivity index (χ4n) is 2.67. The second kappa shape index (κ2) is 7.79. The summed E-state index contributed by atoms with van der Waals surface area (Å²) in [6, 6.07) is 7.96. The fourth-order valence-corrected chi connectivity index (χ4v) is 4.28. The van der Waals surface area contributed by atoms with Gasteiger partial charge in [0.1, 0.15) is 0 Å². The highest BCUT2D eigenvalue weighted by Gasteiger charge is 2.19. The predicted molar refractivity (Wildman–Crippen MR) is 92.5 cm³/mol. The van der Waals surface area contributed by atoms with E-state index in [0.717, 1.165) is 47.8 Å². The van der Waals surface area contributed by atoms with Crippen molar-refractivity contribution in [1.82, 2.24) is 9.88 Å². The largest absolute Gasteiger partial charge is 0.339 e. The van der Waals surface area contributed by atoms with E-state index in [0.29, 0.717) is 0 Å². The number of carbonyl (C=O) groups excluding carboxylic acids is 1. The number of benzene rings is 1. The van der Waals surface area contributed by atoms with Gasteiger partial charge in [-0.25, -0.2) is 4.98 Å². The van der Waals surface area contributed by atoms with Crippen LogP contribution in [0.15, 0.2) is 40.1 Å². The van der Waals surface area contributed by atoms with Crippen molar-refractivity contribution < 1.29 is 4.79 Å². The molecule has 2 heterocycles. The molecule has 3 rings (SSSR count). The highest BCUT2D eigenvalue weighted by molar-refractivity contribution is 7.98. The molecule has 0 spiro atoms. The molecule has 1 saturated heterocycles. The average Bonchev–Trinajstić information content (AvgIpc) is 2.93. The lowest BCUT2D eigenvalue weighted by atomic mass is 10.2. The van der Waals surface area contributed by atoms with E-state index in [4.69, 9.17) is 0 Å². The molecule has 1 aliphatic rings. The summed E-state index contributed by atoms with van der Waals surface area (Å²) in [5.74, 6) is 0.997. The predicted octanol–water partition coefficient (Wildman–Crippen LogP) is 4.45. The minimum Gasteiger partial charge on any atom is -0.339 e. The molecule has 0 N–H and O–H groups in total. The molecule has 1 amide bonds. The van der Waals surface area contributed by atoms with Gasteiger partial charge in [0.2, 0.25) is 0 Å². The van der Waals surface area contributed by atoms with Crippen LogP contribution in [0.5, 0.6) is 0 Å². The lowest BCUT2D eigenvalue weighted by Crippen LogP contribution is -2.32. The number of rotatable bonds is 4. The van der Waals surface area contributed by atoms with Gasteiger partial charge in [-0.2, -0.15) is 0 Å². The van der Waals surface area contributed by atoms with Gasteiger partial charge in [-0.15, -0.1) is 23.1 Å². The smallest absolute Gasteiger partial charge is 0.254 e. The van der Waals surface area contributed by atoms with Crippen molar-refractivity contribution >= 4 is 29.0 Å². The maximum atomic E-state index is 12.8. The monoisotopic (exact) mass is 332 g/mol. The summed E-state index contributed by atoms with van der Waals surface area (Å²) in [6.45, 7) is 1.79. The van der Waals surface area contributed by atoms with E-state index in [1.54, 1.807) is 23.1 Å². The first-order valence-electron chi connectivity index (χ1n) is 7.73. The van der Waals surface area contributed by atoms with E-state index >= 15 is 0 Å². The van der Waals surface area contributed by atoms with Gasteiger partial charge in [0, 0.05) is 29.1 Å². The highest BCUT2D eigenvalue weighted by atomic mass is 32.2. The Hall–Kier alpha value is -1.33. The summed E-state index contributed by atoms with van der Waals surface area (Å²) >= 11 is 3.31. The molecule has 0 radical (unpaired) electrons. The summed E-state index contributed by atoms with van der Waals surface area (Å²) in [7, 11) is 0. The van der Waals surface area contributed by atoms with Crippen molar-refractivity contribution in [1.29, 1.82) is 0 Å². The van der Waals surface area contributed by atoms with Crippen molar-refractivity contribution in [3.05, 3.63) is 46.4 Å². The number of amides is 1. The molecule has 0 atom stereocenters. The van der Waals surface area contributed by atoms with Gasteiger partial charge < -0.3 is 4.90 Å². The van der Waals surface area contributed by atoms with Crippen molar-refractivity contribution in [2.24, 2.45) is 0 Å². The SMILES string of the molecule is O=C(c1ccccc1SCc1cscn1)N1CCCCCC1. The molecule has 1 fully saturated rings. The van der Waals surface area contributed by atoms with Crippen LogP contribution in [0, 0.1) is 0 Å². The van der Waals surface area contributed by atoms with Gasteiger partial charge in [0.15, 0.2) is 0 Å². The van der Waals surface area contributed by atoms with E-state index in [2.05, 4.69) is 10.4 Å². The average molecular weight is 332 g/mol. The number of hydrogen-bond donors (Lipinski definition) is 0. The van der Waals surface area contributed by atoms with E-state index < -0.39 is 0 Å². The minimum absolute atomic E-state index is 0.184. The number of carbonyl (C=O) groups is 1. The van der Waals surface area contributed by atoms with Gasteiger partial charge in [-0.1, -0.05) is 25.0 Å². The highest BCUT2D eigenvalue weighted by Crippen LogP contribution is 2.27. The molecule has 0 unspecified atom stereocenters. The van der Waals surface area contributed by atoms with Gasteiger partial charge in [0.05, 0.1) is 16.8 Å². The van der Waals surface area contributed by atoms with E-state index in [-0.39, 0.29) is 5.91 Å². The van der Waals surface area contributed by atoms with Crippen LogP contribution in [0.1, 0.15) is 41.7 Å². The molecule has 3 nitrogen and oxygen atoms in total. The molecule has 1 aromatic carbocycles. The van der Waals surface area contributed by atoms with Crippen molar-refractivity contribution in [3.63, 3.8) is 0 Å². The fraction of sp³-hybridized carbons (Fsp3) is 0.412. The van der Waals surface area contributed by atoms with Gasteiger partial charge in [-0.05, 0) is 25.0 Å². The van der Waals surface area contributed by atoms with E-state index in [9.17, 15) is 4.79 Å². The minimum atomic E-state index is 0.184. The summed E-state index contributed by atoms with van der Waals surface area (Å²) in [4.78, 5) is 20.2. The number of thioether (sulfide) groups is 1. The topological polar surface area (TPSA) is 33.2 Å². The van der Waals surface area contributed by atoms with Crippen LogP contribution < -0.4 is 0 Å². The first kappa shape index (κ1) is 15.6. The Bertz CT molecular complexity index is 605. The molecule has 2 aromatic rings.